The van der Waals surface area contributed by atoms with Gasteiger partial charge in [-0.2, -0.15) is 0 Å². The molecule has 2 N–H and O–H groups in total. The second-order valence-electron chi connectivity index (χ2n) is 6.94. The molecule has 1 aromatic heterocycles. The van der Waals surface area contributed by atoms with Crippen LogP contribution in [0.25, 0.3) is 11.3 Å². The molecule has 3 aromatic rings. The summed E-state index contributed by atoms with van der Waals surface area (Å²) >= 11 is 1.74. The van der Waals surface area contributed by atoms with Gasteiger partial charge in [0.25, 0.3) is 0 Å². The molecule has 6 heteroatoms. The second-order valence-corrected chi connectivity index (χ2v) is 7.82. The Morgan fingerprint density at radius 2 is 1.68 bits per heavy atom. The number of carbonyl (C=O) groups is 1. The smallest absolute Gasteiger partial charge is 0.303 e. The number of thioether (sulfide) groups is 1. The van der Waals surface area contributed by atoms with Crippen molar-refractivity contribution in [2.24, 2.45) is 0 Å². The number of carboxylic acids is 1. The third-order valence-corrected chi connectivity index (χ3v) is 5.46. The lowest BCUT2D eigenvalue weighted by Gasteiger charge is -2.13. The van der Waals surface area contributed by atoms with Gasteiger partial charge in [-0.15, -0.1) is 11.8 Å². The highest BCUT2D eigenvalue weighted by Crippen LogP contribution is 2.25. The maximum atomic E-state index is 10.7. The molecule has 5 nitrogen and oxygen atoms in total. The number of aromatic nitrogens is 1. The Labute approximate surface area is 188 Å². The first-order valence-corrected chi connectivity index (χ1v) is 11.6. The maximum Gasteiger partial charge on any atom is 0.303 e. The van der Waals surface area contributed by atoms with Crippen molar-refractivity contribution in [3.05, 3.63) is 71.9 Å². The van der Waals surface area contributed by atoms with Crippen molar-refractivity contribution in [3.63, 3.8) is 0 Å². The Morgan fingerprint density at radius 3 is 2.26 bits per heavy atom. The van der Waals surface area contributed by atoms with E-state index < -0.39 is 5.97 Å². The number of hydrogen-bond donors (Lipinski definition) is 2. The number of rotatable bonds is 9. The fourth-order valence-electron chi connectivity index (χ4n) is 3.14. The Balaban J connectivity index is 0.00000107. The van der Waals surface area contributed by atoms with Gasteiger partial charge >= 0.3 is 5.97 Å². The van der Waals surface area contributed by atoms with Crippen molar-refractivity contribution in [1.82, 2.24) is 4.57 Å². The van der Waals surface area contributed by atoms with Crippen molar-refractivity contribution in [1.29, 1.82) is 0 Å². The second kappa shape index (κ2) is 12.9. The average molecular weight is 442 g/mol. The monoisotopic (exact) mass is 441 g/mol. The number of carboxylic acid groups (broad SMARTS) is 1. The molecule has 0 bridgehead atoms. The van der Waals surface area contributed by atoms with Gasteiger partial charge in [-0.1, -0.05) is 24.3 Å². The molecule has 0 fully saturated rings. The van der Waals surface area contributed by atoms with Crippen molar-refractivity contribution >= 4 is 17.7 Å². The van der Waals surface area contributed by atoms with Crippen LogP contribution in [-0.4, -0.2) is 40.2 Å². The zero-order chi connectivity index (χ0) is 22.6. The number of hydrogen-bond acceptors (Lipinski definition) is 4. The van der Waals surface area contributed by atoms with Crippen LogP contribution in [0.1, 0.15) is 24.6 Å². The lowest BCUT2D eigenvalue weighted by atomic mass is 10.1. The van der Waals surface area contributed by atoms with Crippen molar-refractivity contribution in [2.45, 2.75) is 38.1 Å². The van der Waals surface area contributed by atoms with Crippen LogP contribution in [0, 0.1) is 6.92 Å². The van der Waals surface area contributed by atoms with E-state index in [1.54, 1.807) is 18.7 Å². The summed E-state index contributed by atoms with van der Waals surface area (Å²) in [6, 6.07) is 20.6. The van der Waals surface area contributed by atoms with Gasteiger partial charge in [-0.05, 0) is 74.0 Å². The van der Waals surface area contributed by atoms with Crippen LogP contribution in [0.3, 0.4) is 0 Å². The zero-order valence-corrected chi connectivity index (χ0v) is 19.2. The van der Waals surface area contributed by atoms with Crippen LogP contribution in [0.2, 0.25) is 0 Å². The SMILES string of the molecule is CCO.CSc1ccc(-c2ccc(C)n2CCOc2ccc(CCC(=O)O)cc2)cc1. The highest BCUT2D eigenvalue weighted by molar-refractivity contribution is 7.98. The van der Waals surface area contributed by atoms with E-state index in [0.29, 0.717) is 13.0 Å². The van der Waals surface area contributed by atoms with E-state index in [-0.39, 0.29) is 13.0 Å². The summed E-state index contributed by atoms with van der Waals surface area (Å²) < 4.78 is 8.17. The van der Waals surface area contributed by atoms with Gasteiger partial charge in [-0.25, -0.2) is 0 Å². The molecule has 0 atom stereocenters. The van der Waals surface area contributed by atoms with E-state index in [2.05, 4.69) is 54.1 Å². The molecule has 0 amide bonds. The van der Waals surface area contributed by atoms with Gasteiger partial charge in [0.1, 0.15) is 12.4 Å². The average Bonchev–Trinajstić information content (AvgIpc) is 3.14. The van der Waals surface area contributed by atoms with Gasteiger partial charge in [-0.3, -0.25) is 4.79 Å². The third-order valence-electron chi connectivity index (χ3n) is 4.72. The molecule has 0 aliphatic heterocycles. The first kappa shape index (κ1) is 24.6. The Bertz CT molecular complexity index is 933. The topological polar surface area (TPSA) is 71.7 Å². The van der Waals surface area contributed by atoms with Crippen LogP contribution < -0.4 is 4.74 Å². The lowest BCUT2D eigenvalue weighted by molar-refractivity contribution is -0.136. The Morgan fingerprint density at radius 1 is 1.03 bits per heavy atom. The lowest BCUT2D eigenvalue weighted by Crippen LogP contribution is -2.10. The van der Waals surface area contributed by atoms with E-state index in [0.717, 1.165) is 17.9 Å². The van der Waals surface area contributed by atoms with Gasteiger partial charge in [0.2, 0.25) is 0 Å². The molecule has 3 rings (SSSR count). The number of aryl methyl sites for hydroxylation is 2. The molecule has 0 saturated carbocycles. The molecular weight excluding hydrogens is 410 g/mol. The largest absolute Gasteiger partial charge is 0.492 e. The minimum absolute atomic E-state index is 0.147. The molecule has 1 heterocycles. The van der Waals surface area contributed by atoms with E-state index >= 15 is 0 Å². The molecule has 2 aromatic carbocycles. The molecule has 0 spiro atoms. The van der Waals surface area contributed by atoms with Crippen molar-refractivity contribution in [3.8, 4) is 17.0 Å². The summed E-state index contributed by atoms with van der Waals surface area (Å²) in [5.41, 5.74) is 4.61. The van der Waals surface area contributed by atoms with Gasteiger partial charge in [0.15, 0.2) is 0 Å². The quantitative estimate of drug-likeness (QED) is 0.442. The third kappa shape index (κ3) is 7.81. The van der Waals surface area contributed by atoms with Crippen molar-refractivity contribution < 1.29 is 19.7 Å². The number of ether oxygens (including phenoxy) is 1. The van der Waals surface area contributed by atoms with Gasteiger partial charge in [0, 0.05) is 29.3 Å². The normalized spacial score (nSPS) is 10.3. The Kier molecular flexibility index (Phi) is 10.2. The van der Waals surface area contributed by atoms with E-state index in [9.17, 15) is 4.79 Å². The molecule has 0 aliphatic carbocycles. The van der Waals surface area contributed by atoms with Gasteiger partial charge < -0.3 is 19.5 Å². The summed E-state index contributed by atoms with van der Waals surface area (Å²) in [5, 5.41) is 16.3. The van der Waals surface area contributed by atoms with Crippen molar-refractivity contribution in [2.75, 3.05) is 19.5 Å². The number of aliphatic carboxylic acids is 1. The molecule has 0 unspecified atom stereocenters. The maximum absolute atomic E-state index is 10.7. The minimum Gasteiger partial charge on any atom is -0.492 e. The first-order chi connectivity index (χ1) is 15.0. The zero-order valence-electron chi connectivity index (χ0n) is 18.4. The predicted molar refractivity (Wildman–Crippen MR) is 127 cm³/mol. The molecular formula is C25H31NO4S. The fraction of sp³-hybridized carbons (Fsp3) is 0.320. The highest BCUT2D eigenvalue weighted by atomic mass is 32.2. The van der Waals surface area contributed by atoms with Crippen LogP contribution in [0.4, 0.5) is 0 Å². The Hall–Kier alpha value is -2.70. The standard InChI is InChI=1S/C23H25NO3S.C2H6O/c1-17-3-13-22(19-7-11-21(28-2)12-8-19)24(17)15-16-27-20-9-4-18(5-10-20)6-14-23(25)26;1-2-3/h3-5,7-13H,6,14-16H2,1-2H3,(H,25,26);3H,2H2,1H3. The van der Waals surface area contributed by atoms with Crippen LogP contribution >= 0.6 is 11.8 Å². The van der Waals surface area contributed by atoms with Gasteiger partial charge in [0.05, 0.1) is 6.54 Å². The van der Waals surface area contributed by atoms with Crippen LogP contribution in [0.5, 0.6) is 5.75 Å². The van der Waals surface area contributed by atoms with E-state index in [4.69, 9.17) is 14.9 Å². The number of aliphatic hydroxyl groups excluding tert-OH is 1. The van der Waals surface area contributed by atoms with Crippen LogP contribution in [-0.2, 0) is 17.8 Å². The predicted octanol–water partition coefficient (Wildman–Crippen LogP) is 5.28. The van der Waals surface area contributed by atoms with E-state index in [1.165, 1.54) is 21.8 Å². The fourth-order valence-corrected chi connectivity index (χ4v) is 3.55. The highest BCUT2D eigenvalue weighted by Gasteiger charge is 2.08. The minimum atomic E-state index is -0.777. The molecule has 0 aliphatic rings. The number of nitrogens with zero attached hydrogens (tertiary/aromatic N) is 1. The van der Waals surface area contributed by atoms with Crippen LogP contribution in [0.15, 0.2) is 65.6 Å². The number of aliphatic hydroxyl groups is 1. The summed E-state index contributed by atoms with van der Waals surface area (Å²) in [6.45, 7) is 5.37. The summed E-state index contributed by atoms with van der Waals surface area (Å²) in [4.78, 5) is 11.9. The summed E-state index contributed by atoms with van der Waals surface area (Å²) in [7, 11) is 0. The molecule has 0 saturated heterocycles. The molecule has 0 radical (unpaired) electrons. The summed E-state index contributed by atoms with van der Waals surface area (Å²) in [5.74, 6) is 0.0241. The molecule has 31 heavy (non-hydrogen) atoms. The molecule has 166 valence electrons. The number of benzene rings is 2. The summed E-state index contributed by atoms with van der Waals surface area (Å²) in [6.07, 6.45) is 2.77. The first-order valence-electron chi connectivity index (χ1n) is 10.3. The van der Waals surface area contributed by atoms with E-state index in [1.807, 2.05) is 24.3 Å².